The normalized spacial score (nSPS) is 20.1. The minimum Gasteiger partial charge on any atom is -0.379 e. The van der Waals surface area contributed by atoms with E-state index in [0.717, 1.165) is 17.5 Å². The van der Waals surface area contributed by atoms with Crippen molar-refractivity contribution in [3.8, 4) is 11.1 Å². The topological polar surface area (TPSA) is 64.2 Å². The van der Waals surface area contributed by atoms with Crippen molar-refractivity contribution in [1.82, 2.24) is 9.97 Å². The summed E-state index contributed by atoms with van der Waals surface area (Å²) >= 11 is 1.65. The van der Waals surface area contributed by atoms with Gasteiger partial charge in [-0.3, -0.25) is 4.99 Å². The van der Waals surface area contributed by atoms with E-state index in [4.69, 9.17) is 5.73 Å². The molecular weight excluding hydrogens is 328 g/mol. The molecule has 2 aromatic carbocycles. The van der Waals surface area contributed by atoms with Crippen LogP contribution in [0.25, 0.3) is 11.1 Å². The van der Waals surface area contributed by atoms with E-state index < -0.39 is 0 Å². The smallest absolute Gasteiger partial charge is 0.155 e. The molecule has 0 saturated heterocycles. The monoisotopic (exact) mass is 346 g/mol. The molecule has 4 nitrogen and oxygen atoms in total. The third-order valence-corrected chi connectivity index (χ3v) is 5.42. The SMILES string of the molecule is NC1=NC(c2cccc(-c3cncnc3)c2)CC(c2ccccc2)S1. The highest BCUT2D eigenvalue weighted by atomic mass is 32.2. The van der Waals surface area contributed by atoms with E-state index >= 15 is 0 Å². The Morgan fingerprint density at radius 2 is 1.64 bits per heavy atom. The summed E-state index contributed by atoms with van der Waals surface area (Å²) in [6.07, 6.45) is 6.13. The third kappa shape index (κ3) is 3.56. The Kier molecular flexibility index (Phi) is 4.48. The van der Waals surface area contributed by atoms with E-state index in [9.17, 15) is 0 Å². The first-order chi connectivity index (χ1) is 12.3. The minimum atomic E-state index is 0.0658. The van der Waals surface area contributed by atoms with Crippen LogP contribution in [0.3, 0.4) is 0 Å². The summed E-state index contributed by atoms with van der Waals surface area (Å²) < 4.78 is 0. The highest BCUT2D eigenvalue weighted by Crippen LogP contribution is 2.43. The zero-order valence-corrected chi connectivity index (χ0v) is 14.4. The molecule has 3 aromatic rings. The molecule has 1 aromatic heterocycles. The lowest BCUT2D eigenvalue weighted by atomic mass is 9.96. The lowest BCUT2D eigenvalue weighted by Gasteiger charge is -2.26. The maximum Gasteiger partial charge on any atom is 0.155 e. The standard InChI is InChI=1S/C20H18N4S/c21-20-24-18(10-19(25-20)14-5-2-1-3-6-14)16-8-4-7-15(9-16)17-11-22-13-23-12-17/h1-9,11-13,18-19H,10H2,(H2,21,24). The summed E-state index contributed by atoms with van der Waals surface area (Å²) in [5.74, 6) is 0. The highest BCUT2D eigenvalue weighted by molar-refractivity contribution is 8.14. The minimum absolute atomic E-state index is 0.0658. The Balaban J connectivity index is 1.64. The Morgan fingerprint density at radius 3 is 2.44 bits per heavy atom. The number of amidine groups is 1. The van der Waals surface area contributed by atoms with Crippen LogP contribution in [0.2, 0.25) is 0 Å². The molecule has 2 unspecified atom stereocenters. The molecule has 0 spiro atoms. The van der Waals surface area contributed by atoms with Gasteiger partial charge in [0.1, 0.15) is 6.33 Å². The summed E-state index contributed by atoms with van der Waals surface area (Å²) in [6, 6.07) is 19.0. The van der Waals surface area contributed by atoms with Crippen LogP contribution in [0, 0.1) is 0 Å². The van der Waals surface area contributed by atoms with Crippen LogP contribution in [0.15, 0.2) is 78.3 Å². The van der Waals surface area contributed by atoms with Crippen molar-refractivity contribution in [1.29, 1.82) is 0 Å². The molecule has 2 heterocycles. The number of nitrogens with two attached hydrogens (primary N) is 1. The average molecular weight is 346 g/mol. The number of aliphatic imine (C=N–C) groups is 1. The Morgan fingerprint density at radius 1 is 0.880 bits per heavy atom. The number of rotatable bonds is 3. The van der Waals surface area contributed by atoms with Gasteiger partial charge in [0, 0.05) is 23.2 Å². The number of aromatic nitrogens is 2. The molecule has 0 aliphatic carbocycles. The van der Waals surface area contributed by atoms with Gasteiger partial charge in [-0.05, 0) is 29.2 Å². The predicted octanol–water partition coefficient (Wildman–Crippen LogP) is 4.38. The molecule has 4 rings (SSSR count). The summed E-state index contributed by atoms with van der Waals surface area (Å²) in [5, 5.41) is 0.978. The van der Waals surface area contributed by atoms with Gasteiger partial charge in [-0.1, -0.05) is 60.3 Å². The molecule has 0 amide bonds. The van der Waals surface area contributed by atoms with Gasteiger partial charge in [0.2, 0.25) is 0 Å². The van der Waals surface area contributed by atoms with Crippen LogP contribution in [0.5, 0.6) is 0 Å². The van der Waals surface area contributed by atoms with E-state index in [2.05, 4.69) is 63.5 Å². The summed E-state index contributed by atoms with van der Waals surface area (Å²) in [5.41, 5.74) is 10.7. The molecular formula is C20H18N4S. The quantitative estimate of drug-likeness (QED) is 0.764. The third-order valence-electron chi connectivity index (χ3n) is 4.32. The first-order valence-corrected chi connectivity index (χ1v) is 9.08. The van der Waals surface area contributed by atoms with Gasteiger partial charge in [0.15, 0.2) is 5.17 Å². The van der Waals surface area contributed by atoms with Gasteiger partial charge in [-0.15, -0.1) is 0 Å². The molecule has 0 fully saturated rings. The number of nitrogens with zero attached hydrogens (tertiary/aromatic N) is 3. The number of hydrogen-bond acceptors (Lipinski definition) is 5. The molecule has 0 bridgehead atoms. The van der Waals surface area contributed by atoms with Gasteiger partial charge in [-0.2, -0.15) is 0 Å². The van der Waals surface area contributed by atoms with Crippen molar-refractivity contribution in [3.05, 3.63) is 84.4 Å². The van der Waals surface area contributed by atoms with Gasteiger partial charge in [0.05, 0.1) is 6.04 Å². The number of benzene rings is 2. The van der Waals surface area contributed by atoms with Crippen LogP contribution in [0.4, 0.5) is 0 Å². The van der Waals surface area contributed by atoms with E-state index in [1.807, 2.05) is 18.5 Å². The van der Waals surface area contributed by atoms with E-state index in [-0.39, 0.29) is 6.04 Å². The summed E-state index contributed by atoms with van der Waals surface area (Å²) in [6.45, 7) is 0. The van der Waals surface area contributed by atoms with Gasteiger partial charge in [0.25, 0.3) is 0 Å². The Hall–Kier alpha value is -2.66. The molecule has 2 N–H and O–H groups in total. The Bertz CT molecular complexity index is 880. The number of thioether (sulfide) groups is 1. The van der Waals surface area contributed by atoms with Crippen molar-refractivity contribution >= 4 is 16.9 Å². The fourth-order valence-corrected chi connectivity index (χ4v) is 4.14. The van der Waals surface area contributed by atoms with Crippen LogP contribution in [-0.2, 0) is 0 Å². The summed E-state index contributed by atoms with van der Waals surface area (Å²) in [7, 11) is 0. The van der Waals surface area contributed by atoms with E-state index in [1.54, 1.807) is 18.1 Å². The second-order valence-corrected chi connectivity index (χ2v) is 7.21. The molecule has 124 valence electrons. The lowest BCUT2D eigenvalue weighted by Crippen LogP contribution is -2.18. The van der Waals surface area contributed by atoms with Crippen LogP contribution in [-0.4, -0.2) is 15.1 Å². The fourth-order valence-electron chi connectivity index (χ4n) is 3.09. The molecule has 25 heavy (non-hydrogen) atoms. The van der Waals surface area contributed by atoms with Crippen LogP contribution >= 0.6 is 11.8 Å². The predicted molar refractivity (Wildman–Crippen MR) is 103 cm³/mol. The largest absolute Gasteiger partial charge is 0.379 e. The molecule has 0 saturated carbocycles. The first kappa shape index (κ1) is 15.8. The maximum atomic E-state index is 6.13. The molecule has 0 radical (unpaired) electrons. The first-order valence-electron chi connectivity index (χ1n) is 8.20. The zero-order chi connectivity index (χ0) is 17.1. The van der Waals surface area contributed by atoms with Crippen molar-refractivity contribution in [3.63, 3.8) is 0 Å². The second-order valence-electron chi connectivity index (χ2n) is 5.99. The fraction of sp³-hybridized carbons (Fsp3) is 0.150. The van der Waals surface area contributed by atoms with Gasteiger partial charge < -0.3 is 5.73 Å². The van der Waals surface area contributed by atoms with Crippen molar-refractivity contribution in [2.45, 2.75) is 17.7 Å². The Labute approximate surface area is 151 Å². The van der Waals surface area contributed by atoms with Crippen LogP contribution < -0.4 is 5.73 Å². The van der Waals surface area contributed by atoms with Crippen molar-refractivity contribution in [2.75, 3.05) is 0 Å². The molecule has 5 heteroatoms. The molecule has 1 aliphatic heterocycles. The highest BCUT2D eigenvalue weighted by Gasteiger charge is 2.25. The van der Waals surface area contributed by atoms with E-state index in [0.29, 0.717) is 10.4 Å². The summed E-state index contributed by atoms with van der Waals surface area (Å²) in [4.78, 5) is 12.9. The second kappa shape index (κ2) is 7.07. The lowest BCUT2D eigenvalue weighted by molar-refractivity contribution is 0.639. The average Bonchev–Trinajstić information content (AvgIpc) is 2.69. The maximum absolute atomic E-state index is 6.13. The number of hydrogen-bond donors (Lipinski definition) is 1. The van der Waals surface area contributed by atoms with E-state index in [1.165, 1.54) is 11.1 Å². The molecule has 1 aliphatic rings. The van der Waals surface area contributed by atoms with Crippen LogP contribution in [0.1, 0.15) is 28.8 Å². The van der Waals surface area contributed by atoms with Crippen molar-refractivity contribution < 1.29 is 0 Å². The van der Waals surface area contributed by atoms with Crippen molar-refractivity contribution in [2.24, 2.45) is 10.7 Å². The zero-order valence-electron chi connectivity index (χ0n) is 13.6. The van der Waals surface area contributed by atoms with Gasteiger partial charge >= 0.3 is 0 Å². The van der Waals surface area contributed by atoms with Gasteiger partial charge in [-0.25, -0.2) is 9.97 Å². The molecule has 2 atom stereocenters.